The molecule has 2 aromatic rings. The number of sulfonamides is 1. The third-order valence-electron chi connectivity index (χ3n) is 4.86. The van der Waals surface area contributed by atoms with E-state index in [9.17, 15) is 13.2 Å². The summed E-state index contributed by atoms with van der Waals surface area (Å²) < 4.78 is 29.0. The highest BCUT2D eigenvalue weighted by Crippen LogP contribution is 2.31. The number of fused-ring (bicyclic) bond motifs is 1. The zero-order valence-corrected chi connectivity index (χ0v) is 17.0. The molecule has 0 radical (unpaired) electrons. The van der Waals surface area contributed by atoms with Crippen LogP contribution in [0.4, 0.5) is 11.4 Å². The van der Waals surface area contributed by atoms with Crippen LogP contribution < -0.4 is 10.0 Å². The number of Topliss-reactive ketones (excluding diaryl/α,β-unsaturated/α-hetero) is 1. The molecule has 3 rings (SSSR count). The van der Waals surface area contributed by atoms with Gasteiger partial charge in [0.15, 0.2) is 0 Å². The van der Waals surface area contributed by atoms with Crippen molar-refractivity contribution < 1.29 is 13.2 Å². The zero-order chi connectivity index (χ0) is 19.8. The van der Waals surface area contributed by atoms with Crippen molar-refractivity contribution in [2.24, 2.45) is 0 Å². The molecule has 5 nitrogen and oxygen atoms in total. The Balaban J connectivity index is 2.04. The van der Waals surface area contributed by atoms with Gasteiger partial charge in [-0.25, -0.2) is 8.42 Å². The highest BCUT2D eigenvalue weighted by atomic mass is 32.2. The van der Waals surface area contributed by atoms with E-state index in [1.54, 1.807) is 12.1 Å². The van der Waals surface area contributed by atoms with Crippen LogP contribution in [-0.4, -0.2) is 20.2 Å². The average molecular weight is 387 g/mol. The number of benzene rings is 2. The summed E-state index contributed by atoms with van der Waals surface area (Å²) in [5.74, 6) is 0.196. The van der Waals surface area contributed by atoms with E-state index in [2.05, 4.69) is 10.0 Å². The van der Waals surface area contributed by atoms with Crippen LogP contribution >= 0.6 is 0 Å². The number of carbonyl (C=O) groups is 1. The molecule has 0 aliphatic heterocycles. The Morgan fingerprint density at radius 3 is 2.37 bits per heavy atom. The lowest BCUT2D eigenvalue weighted by molar-refractivity contribution is -0.118. The minimum absolute atomic E-state index is 0.0675. The summed E-state index contributed by atoms with van der Waals surface area (Å²) in [6.45, 7) is 7.85. The number of ketones is 1. The van der Waals surface area contributed by atoms with Gasteiger partial charge in [0.1, 0.15) is 10.7 Å². The molecule has 1 aliphatic rings. The smallest absolute Gasteiger partial charge is 0.263 e. The van der Waals surface area contributed by atoms with E-state index in [1.165, 1.54) is 0 Å². The maximum Gasteiger partial charge on any atom is 0.263 e. The molecule has 0 bridgehead atoms. The Hall–Kier alpha value is -2.34. The predicted molar refractivity (Wildman–Crippen MR) is 109 cm³/mol. The number of hydrogen-bond donors (Lipinski definition) is 2. The number of carbonyl (C=O) groups excluding carboxylic acids is 1. The molecule has 2 aromatic carbocycles. The molecule has 27 heavy (non-hydrogen) atoms. The molecule has 144 valence electrons. The Morgan fingerprint density at radius 1 is 0.963 bits per heavy atom. The third kappa shape index (κ3) is 4.33. The molecule has 0 fully saturated rings. The quantitative estimate of drug-likeness (QED) is 0.815. The molecule has 0 unspecified atom stereocenters. The molecular weight excluding hydrogens is 360 g/mol. The van der Waals surface area contributed by atoms with E-state index >= 15 is 0 Å². The number of rotatable bonds is 5. The van der Waals surface area contributed by atoms with Crippen LogP contribution in [0.5, 0.6) is 0 Å². The molecule has 0 atom stereocenters. The molecule has 0 heterocycles. The highest BCUT2D eigenvalue weighted by molar-refractivity contribution is 7.92. The van der Waals surface area contributed by atoms with Crippen molar-refractivity contribution in [3.8, 4) is 0 Å². The molecular formula is C21H26N2O3S. The van der Waals surface area contributed by atoms with E-state index in [1.807, 2.05) is 45.9 Å². The largest absolute Gasteiger partial charge is 0.382 e. The van der Waals surface area contributed by atoms with Crippen molar-refractivity contribution in [3.63, 3.8) is 0 Å². The van der Waals surface area contributed by atoms with Crippen LogP contribution in [0.25, 0.3) is 0 Å². The van der Waals surface area contributed by atoms with Gasteiger partial charge in [-0.05, 0) is 80.6 Å². The summed E-state index contributed by atoms with van der Waals surface area (Å²) in [4.78, 5) is 12.0. The Morgan fingerprint density at radius 2 is 1.70 bits per heavy atom. The van der Waals surface area contributed by atoms with Gasteiger partial charge in [-0.15, -0.1) is 0 Å². The number of anilines is 2. The van der Waals surface area contributed by atoms with Crippen molar-refractivity contribution >= 4 is 27.2 Å². The predicted octanol–water partition coefficient (Wildman–Crippen LogP) is 3.98. The molecule has 2 N–H and O–H groups in total. The Kier molecular flexibility index (Phi) is 5.29. The summed E-state index contributed by atoms with van der Waals surface area (Å²) in [5, 5.41) is 3.22. The standard InChI is InChI=1S/C21H26N2O3S/c1-13(2)22-20-11-17-10-19(24)8-6-16(17)12-21(20)27(25,26)23-18-7-5-14(3)15(4)9-18/h5,7,9,11-13,22-23H,6,8,10H2,1-4H3. The number of hydrogen-bond acceptors (Lipinski definition) is 4. The Bertz CT molecular complexity index is 995. The van der Waals surface area contributed by atoms with Crippen LogP contribution in [0, 0.1) is 13.8 Å². The number of aryl methyl sites for hydroxylation is 3. The van der Waals surface area contributed by atoms with Gasteiger partial charge in [-0.3, -0.25) is 9.52 Å². The van der Waals surface area contributed by atoms with Crippen molar-refractivity contribution in [2.75, 3.05) is 10.0 Å². The van der Waals surface area contributed by atoms with Gasteiger partial charge in [0, 0.05) is 24.6 Å². The molecule has 0 amide bonds. The molecule has 1 aliphatic carbocycles. The molecule has 0 saturated carbocycles. The van der Waals surface area contributed by atoms with Crippen LogP contribution in [0.2, 0.25) is 0 Å². The molecule has 6 heteroatoms. The van der Waals surface area contributed by atoms with Gasteiger partial charge in [-0.1, -0.05) is 6.07 Å². The summed E-state index contributed by atoms with van der Waals surface area (Å²) in [5.41, 5.74) is 5.07. The van der Waals surface area contributed by atoms with Crippen LogP contribution in [-0.2, 0) is 27.7 Å². The topological polar surface area (TPSA) is 75.3 Å². The van der Waals surface area contributed by atoms with Crippen LogP contribution in [0.1, 0.15) is 42.5 Å². The van der Waals surface area contributed by atoms with E-state index in [-0.39, 0.29) is 16.7 Å². The minimum atomic E-state index is -3.76. The lowest BCUT2D eigenvalue weighted by atomic mass is 9.90. The van der Waals surface area contributed by atoms with E-state index in [0.717, 1.165) is 22.3 Å². The lowest BCUT2D eigenvalue weighted by Gasteiger charge is -2.22. The second-order valence-corrected chi connectivity index (χ2v) is 9.19. The van der Waals surface area contributed by atoms with E-state index < -0.39 is 10.0 Å². The van der Waals surface area contributed by atoms with Gasteiger partial charge >= 0.3 is 0 Å². The normalized spacial score (nSPS) is 14.2. The summed E-state index contributed by atoms with van der Waals surface area (Å²) in [7, 11) is -3.76. The second kappa shape index (κ2) is 7.35. The van der Waals surface area contributed by atoms with Gasteiger partial charge in [0.25, 0.3) is 10.0 Å². The fourth-order valence-electron chi connectivity index (χ4n) is 3.30. The average Bonchev–Trinajstić information content (AvgIpc) is 2.56. The van der Waals surface area contributed by atoms with Gasteiger partial charge in [0.2, 0.25) is 0 Å². The maximum absolute atomic E-state index is 13.1. The Labute approximate surface area is 161 Å². The van der Waals surface area contributed by atoms with Crippen LogP contribution in [0.15, 0.2) is 35.2 Å². The fourth-order valence-corrected chi connectivity index (χ4v) is 4.55. The zero-order valence-electron chi connectivity index (χ0n) is 16.2. The molecule has 0 aromatic heterocycles. The van der Waals surface area contributed by atoms with Crippen molar-refractivity contribution in [1.29, 1.82) is 0 Å². The second-order valence-electron chi connectivity index (χ2n) is 7.54. The van der Waals surface area contributed by atoms with E-state index in [4.69, 9.17) is 0 Å². The highest BCUT2D eigenvalue weighted by Gasteiger charge is 2.25. The van der Waals surface area contributed by atoms with Crippen molar-refractivity contribution in [2.45, 2.75) is 57.9 Å². The van der Waals surface area contributed by atoms with Crippen molar-refractivity contribution in [1.82, 2.24) is 0 Å². The minimum Gasteiger partial charge on any atom is -0.382 e. The first-order chi connectivity index (χ1) is 12.7. The van der Waals surface area contributed by atoms with Gasteiger partial charge in [0.05, 0.1) is 5.69 Å². The maximum atomic E-state index is 13.1. The SMILES string of the molecule is Cc1ccc(NS(=O)(=O)c2cc3c(cc2NC(C)C)CC(=O)CC3)cc1C. The molecule has 0 spiro atoms. The van der Waals surface area contributed by atoms with E-state index in [0.29, 0.717) is 30.6 Å². The first-order valence-electron chi connectivity index (χ1n) is 9.20. The first-order valence-corrected chi connectivity index (χ1v) is 10.7. The monoisotopic (exact) mass is 386 g/mol. The fraction of sp³-hybridized carbons (Fsp3) is 0.381. The lowest BCUT2D eigenvalue weighted by Crippen LogP contribution is -2.21. The third-order valence-corrected chi connectivity index (χ3v) is 6.28. The summed E-state index contributed by atoms with van der Waals surface area (Å²) >= 11 is 0. The first kappa shape index (κ1) is 19.4. The van der Waals surface area contributed by atoms with Gasteiger partial charge in [-0.2, -0.15) is 0 Å². The van der Waals surface area contributed by atoms with Crippen molar-refractivity contribution in [3.05, 3.63) is 52.6 Å². The summed E-state index contributed by atoms with van der Waals surface area (Å²) in [6.07, 6.45) is 1.42. The molecule has 0 saturated heterocycles. The van der Waals surface area contributed by atoms with Gasteiger partial charge < -0.3 is 5.32 Å². The van der Waals surface area contributed by atoms with Crippen LogP contribution in [0.3, 0.4) is 0 Å². The summed E-state index contributed by atoms with van der Waals surface area (Å²) in [6, 6.07) is 9.11. The number of nitrogens with one attached hydrogen (secondary N) is 2.